The molecule has 0 amide bonds. The molecule has 0 aliphatic carbocycles. The molecule has 0 unspecified atom stereocenters. The fraction of sp³-hybridized carbons (Fsp3) is 0.0435. The Morgan fingerprint density at radius 3 is 1.79 bits per heavy atom. The average Bonchev–Trinajstić information content (AvgIpc) is 3.09. The van der Waals surface area contributed by atoms with Gasteiger partial charge in [-0.2, -0.15) is 0 Å². The summed E-state index contributed by atoms with van der Waals surface area (Å²) in [6.07, 6.45) is 0. The Morgan fingerprint density at radius 2 is 1.17 bits per heavy atom. The van der Waals surface area contributed by atoms with Crippen LogP contribution in [0, 0.1) is 6.92 Å². The van der Waals surface area contributed by atoms with Crippen LogP contribution in [0.15, 0.2) is 91.0 Å². The van der Waals surface area contributed by atoms with E-state index in [1.807, 2.05) is 0 Å². The molecule has 0 atom stereocenters. The Balaban J connectivity index is 1.90. The van der Waals surface area contributed by atoms with Crippen LogP contribution in [0.5, 0.6) is 0 Å². The molecule has 0 fully saturated rings. The quantitative estimate of drug-likeness (QED) is 0.353. The van der Waals surface area contributed by atoms with Gasteiger partial charge in [0.15, 0.2) is 0 Å². The third kappa shape index (κ3) is 3.11. The van der Waals surface area contributed by atoms with E-state index in [2.05, 4.69) is 97.9 Å². The van der Waals surface area contributed by atoms with Gasteiger partial charge in [0.1, 0.15) is 0 Å². The molecule has 0 bridgehead atoms. The number of hydrogen-bond acceptors (Lipinski definition) is 0. The van der Waals surface area contributed by atoms with Crippen LogP contribution in [-0.2, 0) is 0 Å². The molecule has 0 aliphatic rings. The molecule has 0 radical (unpaired) electrons. The van der Waals surface area contributed by atoms with E-state index in [0.29, 0.717) is 0 Å². The van der Waals surface area contributed by atoms with Crippen molar-refractivity contribution in [2.75, 3.05) is 0 Å². The summed E-state index contributed by atoms with van der Waals surface area (Å²) in [5, 5.41) is 0. The molecule has 0 aliphatic heterocycles. The van der Waals surface area contributed by atoms with Crippen LogP contribution in [-0.4, -0.2) is 20.4 Å². The summed E-state index contributed by atoms with van der Waals surface area (Å²) in [5.41, 5.74) is 6.79. The number of hydrogen-bond donors (Lipinski definition) is 0. The van der Waals surface area contributed by atoms with Gasteiger partial charge in [-0.05, 0) is 0 Å². The third-order valence-electron chi connectivity index (χ3n) is 4.19. The van der Waals surface area contributed by atoms with E-state index in [1.165, 1.54) is 31.4 Å². The maximum absolute atomic E-state index is 2.42. The van der Waals surface area contributed by atoms with Gasteiger partial charge >= 0.3 is 153 Å². The molecule has 116 valence electrons. The molecule has 4 rings (SSSR count). The first-order valence-corrected chi connectivity index (χ1v) is 10.5. The van der Waals surface area contributed by atoms with E-state index in [1.54, 1.807) is 3.58 Å². The van der Waals surface area contributed by atoms with Crippen LogP contribution in [0.3, 0.4) is 0 Å². The molecule has 1 heterocycles. The molecule has 0 saturated carbocycles. The first-order valence-electron chi connectivity index (χ1n) is 8.13. The predicted octanol–water partition coefficient (Wildman–Crippen LogP) is 6.05. The van der Waals surface area contributed by atoms with Crippen molar-refractivity contribution in [1.82, 2.24) is 0 Å². The standard InChI is InChI=1S/C23H18Te/c1-17-12-14-18(15-13-17)21-16-22(19-8-4-2-5-9-19)24-23(21)20-10-6-3-7-11-20/h2-16H,1H3. The topological polar surface area (TPSA) is 0 Å². The molecular formula is C23H18Te. The summed E-state index contributed by atoms with van der Waals surface area (Å²) in [7, 11) is 0. The molecule has 1 aromatic heterocycles. The Morgan fingerprint density at radius 1 is 0.583 bits per heavy atom. The SMILES string of the molecule is Cc1ccc(-c2cc(-c3ccccc3)[te]c2-c2ccccc2)cc1. The fourth-order valence-electron chi connectivity index (χ4n) is 2.89. The second kappa shape index (κ2) is 6.81. The van der Waals surface area contributed by atoms with Crippen molar-refractivity contribution in [3.8, 4) is 29.4 Å². The van der Waals surface area contributed by atoms with Gasteiger partial charge < -0.3 is 0 Å². The predicted molar refractivity (Wildman–Crippen MR) is 104 cm³/mol. The zero-order valence-electron chi connectivity index (χ0n) is 13.6. The zero-order valence-corrected chi connectivity index (χ0v) is 15.9. The summed E-state index contributed by atoms with van der Waals surface area (Å²) < 4.78 is 3.07. The van der Waals surface area contributed by atoms with Gasteiger partial charge in [-0.25, -0.2) is 0 Å². The Bertz CT molecular complexity index is 933. The Kier molecular flexibility index (Phi) is 4.39. The first-order chi connectivity index (χ1) is 11.8. The minimum atomic E-state index is -0.392. The Hall–Kier alpha value is -2.07. The molecule has 1 heteroatoms. The van der Waals surface area contributed by atoms with Crippen molar-refractivity contribution in [2.45, 2.75) is 6.92 Å². The van der Waals surface area contributed by atoms with E-state index < -0.39 is 20.4 Å². The molecular weight excluding hydrogens is 404 g/mol. The van der Waals surface area contributed by atoms with Gasteiger partial charge in [-0.1, -0.05) is 0 Å². The van der Waals surface area contributed by atoms with Crippen molar-refractivity contribution in [3.05, 3.63) is 96.6 Å². The van der Waals surface area contributed by atoms with Gasteiger partial charge in [0.25, 0.3) is 0 Å². The van der Waals surface area contributed by atoms with E-state index in [-0.39, 0.29) is 0 Å². The van der Waals surface area contributed by atoms with Gasteiger partial charge in [-0.15, -0.1) is 0 Å². The van der Waals surface area contributed by atoms with Crippen LogP contribution in [0.4, 0.5) is 0 Å². The van der Waals surface area contributed by atoms with E-state index in [0.717, 1.165) is 0 Å². The average molecular weight is 422 g/mol. The van der Waals surface area contributed by atoms with Gasteiger partial charge in [-0.3, -0.25) is 0 Å². The van der Waals surface area contributed by atoms with Crippen LogP contribution < -0.4 is 0 Å². The second-order valence-corrected chi connectivity index (χ2v) is 8.95. The molecule has 0 spiro atoms. The van der Waals surface area contributed by atoms with Crippen molar-refractivity contribution in [1.29, 1.82) is 0 Å². The Labute approximate surface area is 153 Å². The van der Waals surface area contributed by atoms with Gasteiger partial charge in [0, 0.05) is 0 Å². The number of rotatable bonds is 3. The molecule has 4 aromatic rings. The summed E-state index contributed by atoms with van der Waals surface area (Å²) in [5.74, 6) is 0. The van der Waals surface area contributed by atoms with Gasteiger partial charge in [0.2, 0.25) is 0 Å². The van der Waals surface area contributed by atoms with Crippen molar-refractivity contribution in [2.24, 2.45) is 0 Å². The van der Waals surface area contributed by atoms with Crippen LogP contribution in [0.25, 0.3) is 29.4 Å². The molecule has 0 N–H and O–H groups in total. The van der Waals surface area contributed by atoms with Crippen LogP contribution in [0.2, 0.25) is 0 Å². The van der Waals surface area contributed by atoms with E-state index in [9.17, 15) is 0 Å². The number of benzene rings is 3. The third-order valence-corrected chi connectivity index (χ3v) is 7.71. The second-order valence-electron chi connectivity index (χ2n) is 5.95. The van der Waals surface area contributed by atoms with Crippen molar-refractivity contribution in [3.63, 3.8) is 0 Å². The van der Waals surface area contributed by atoms with Crippen LogP contribution in [0.1, 0.15) is 5.56 Å². The van der Waals surface area contributed by atoms with E-state index >= 15 is 0 Å². The maximum atomic E-state index is 2.42. The molecule has 0 nitrogen and oxygen atoms in total. The normalized spacial score (nSPS) is 10.7. The monoisotopic (exact) mass is 424 g/mol. The minimum absolute atomic E-state index is 0.392. The summed E-state index contributed by atoms with van der Waals surface area (Å²) in [4.78, 5) is 0. The first kappa shape index (κ1) is 15.5. The summed E-state index contributed by atoms with van der Waals surface area (Å²) >= 11 is -0.392. The fourth-order valence-corrected chi connectivity index (χ4v) is 6.29. The van der Waals surface area contributed by atoms with Crippen LogP contribution >= 0.6 is 0 Å². The zero-order chi connectivity index (χ0) is 16.4. The van der Waals surface area contributed by atoms with Crippen molar-refractivity contribution < 1.29 is 0 Å². The van der Waals surface area contributed by atoms with Crippen molar-refractivity contribution >= 4 is 20.4 Å². The summed E-state index contributed by atoms with van der Waals surface area (Å²) in [6.45, 7) is 2.14. The number of aryl methyl sites for hydroxylation is 1. The summed E-state index contributed by atoms with van der Waals surface area (Å²) in [6, 6.07) is 33.0. The molecule has 0 saturated heterocycles. The van der Waals surface area contributed by atoms with Gasteiger partial charge in [0.05, 0.1) is 0 Å². The molecule has 24 heavy (non-hydrogen) atoms. The molecule has 3 aromatic carbocycles. The van der Waals surface area contributed by atoms with E-state index in [4.69, 9.17) is 0 Å².